The van der Waals surface area contributed by atoms with Gasteiger partial charge in [-0.05, 0) is 42.7 Å². The van der Waals surface area contributed by atoms with Crippen LogP contribution in [0.1, 0.15) is 28.8 Å². The summed E-state index contributed by atoms with van der Waals surface area (Å²) in [5.74, 6) is -0.678. The molecule has 0 bridgehead atoms. The van der Waals surface area contributed by atoms with Gasteiger partial charge in [0.15, 0.2) is 0 Å². The van der Waals surface area contributed by atoms with E-state index < -0.39 is 4.92 Å². The number of nitrogens with one attached hydrogen (secondary N) is 1. The summed E-state index contributed by atoms with van der Waals surface area (Å²) in [6.07, 6.45) is 6.38. The first-order valence-corrected chi connectivity index (χ1v) is 8.80. The molecule has 0 atom stereocenters. The molecule has 7 nitrogen and oxygen atoms in total. The number of aromatic nitrogens is 2. The molecule has 1 aliphatic rings. The van der Waals surface area contributed by atoms with Crippen molar-refractivity contribution < 1.29 is 14.1 Å². The Labute approximate surface area is 160 Å². The number of carbonyl (C=O) groups is 1. The monoisotopic (exact) mass is 380 g/mol. The van der Waals surface area contributed by atoms with Crippen molar-refractivity contribution in [2.45, 2.75) is 18.3 Å². The molecular formula is C20H17FN4O3. The average Bonchev–Trinajstić information content (AvgIpc) is 3.29. The van der Waals surface area contributed by atoms with E-state index in [1.165, 1.54) is 41.4 Å². The van der Waals surface area contributed by atoms with Gasteiger partial charge >= 0.3 is 0 Å². The van der Waals surface area contributed by atoms with Crippen LogP contribution in [0, 0.1) is 15.9 Å². The fourth-order valence-electron chi connectivity index (χ4n) is 3.30. The van der Waals surface area contributed by atoms with Gasteiger partial charge in [-0.25, -0.2) is 9.37 Å². The minimum absolute atomic E-state index is 0.176. The number of nitrogens with zero attached hydrogens (tertiary/aromatic N) is 3. The Morgan fingerprint density at radius 3 is 2.61 bits per heavy atom. The lowest BCUT2D eigenvalue weighted by Crippen LogP contribution is -2.32. The molecule has 142 valence electrons. The third-order valence-corrected chi connectivity index (χ3v) is 5.11. The minimum Gasteiger partial charge on any atom is -0.351 e. The maximum Gasteiger partial charge on any atom is 0.294 e. The van der Waals surface area contributed by atoms with E-state index in [1.54, 1.807) is 24.4 Å². The van der Waals surface area contributed by atoms with Gasteiger partial charge in [-0.2, -0.15) is 0 Å². The molecule has 1 heterocycles. The standard InChI is InChI=1S/C20H17FN4O3/c21-16-4-2-15(3-5-16)20(7-8-20)12-23-19(26)14-1-6-17(18(11-14)25(27)28)24-10-9-22-13-24/h1-6,9-11,13H,7-8,12H2,(H,23,26). The predicted molar refractivity (Wildman–Crippen MR) is 99.9 cm³/mol. The number of nitro benzene ring substituents is 1. The highest BCUT2D eigenvalue weighted by Gasteiger charge is 2.44. The molecule has 1 aliphatic carbocycles. The van der Waals surface area contributed by atoms with Gasteiger partial charge in [-0.3, -0.25) is 14.9 Å². The first kappa shape index (κ1) is 17.8. The zero-order chi connectivity index (χ0) is 19.7. The number of rotatable bonds is 6. The van der Waals surface area contributed by atoms with Crippen LogP contribution in [0.15, 0.2) is 61.2 Å². The van der Waals surface area contributed by atoms with Gasteiger partial charge in [0, 0.05) is 36.0 Å². The van der Waals surface area contributed by atoms with Crippen molar-refractivity contribution in [1.29, 1.82) is 0 Å². The Balaban J connectivity index is 1.51. The molecule has 0 unspecified atom stereocenters. The Morgan fingerprint density at radius 2 is 2.00 bits per heavy atom. The van der Waals surface area contributed by atoms with Crippen LogP contribution in [0.3, 0.4) is 0 Å². The van der Waals surface area contributed by atoms with Crippen molar-refractivity contribution in [2.24, 2.45) is 0 Å². The lowest BCUT2D eigenvalue weighted by Gasteiger charge is -2.17. The summed E-state index contributed by atoms with van der Waals surface area (Å²) in [5, 5.41) is 14.3. The van der Waals surface area contributed by atoms with Crippen LogP contribution in [-0.4, -0.2) is 26.9 Å². The van der Waals surface area contributed by atoms with Crippen LogP contribution >= 0.6 is 0 Å². The number of hydrogen-bond acceptors (Lipinski definition) is 4. The van der Waals surface area contributed by atoms with Crippen LogP contribution in [0.25, 0.3) is 5.69 Å². The lowest BCUT2D eigenvalue weighted by atomic mass is 9.96. The van der Waals surface area contributed by atoms with Crippen LogP contribution in [0.5, 0.6) is 0 Å². The number of imidazole rings is 1. The second kappa shape index (κ2) is 6.88. The van der Waals surface area contributed by atoms with Gasteiger partial charge in [-0.1, -0.05) is 12.1 Å². The van der Waals surface area contributed by atoms with Gasteiger partial charge in [0.25, 0.3) is 11.6 Å². The van der Waals surface area contributed by atoms with E-state index in [-0.39, 0.29) is 28.4 Å². The molecular weight excluding hydrogens is 363 g/mol. The summed E-state index contributed by atoms with van der Waals surface area (Å²) < 4.78 is 14.7. The number of carbonyl (C=O) groups excluding carboxylic acids is 1. The molecule has 1 fully saturated rings. The molecule has 1 N–H and O–H groups in total. The highest BCUT2D eigenvalue weighted by atomic mass is 19.1. The zero-order valence-electron chi connectivity index (χ0n) is 14.8. The Hall–Kier alpha value is -3.55. The van der Waals surface area contributed by atoms with E-state index in [0.717, 1.165) is 18.4 Å². The summed E-state index contributed by atoms with van der Waals surface area (Å²) in [5.41, 5.74) is 1.17. The Morgan fingerprint density at radius 1 is 1.25 bits per heavy atom. The predicted octanol–water partition coefficient (Wildman–Crippen LogP) is 3.38. The summed E-state index contributed by atoms with van der Waals surface area (Å²) in [6.45, 7) is 0.397. The van der Waals surface area contributed by atoms with E-state index >= 15 is 0 Å². The molecule has 1 aromatic heterocycles. The van der Waals surface area contributed by atoms with Gasteiger partial charge in [0.05, 0.1) is 11.3 Å². The van der Waals surface area contributed by atoms with Crippen LogP contribution in [-0.2, 0) is 5.41 Å². The van der Waals surface area contributed by atoms with Crippen molar-refractivity contribution in [3.05, 3.63) is 88.2 Å². The molecule has 0 spiro atoms. The SMILES string of the molecule is O=C(NCC1(c2ccc(F)cc2)CC1)c1ccc(-n2ccnc2)c([N+](=O)[O-])c1. The number of nitro groups is 1. The van der Waals surface area contributed by atoms with Crippen molar-refractivity contribution >= 4 is 11.6 Å². The fourth-order valence-corrected chi connectivity index (χ4v) is 3.30. The number of halogens is 1. The van der Waals surface area contributed by atoms with E-state index in [0.29, 0.717) is 12.2 Å². The molecule has 0 saturated heterocycles. The van der Waals surface area contributed by atoms with Gasteiger partial charge in [0.1, 0.15) is 11.5 Å². The quantitative estimate of drug-likeness (QED) is 0.524. The summed E-state index contributed by atoms with van der Waals surface area (Å²) >= 11 is 0. The molecule has 0 radical (unpaired) electrons. The van der Waals surface area contributed by atoms with E-state index in [9.17, 15) is 19.3 Å². The largest absolute Gasteiger partial charge is 0.351 e. The molecule has 3 aromatic rings. The average molecular weight is 380 g/mol. The van der Waals surface area contributed by atoms with Crippen LogP contribution in [0.4, 0.5) is 10.1 Å². The van der Waals surface area contributed by atoms with Crippen LogP contribution < -0.4 is 5.32 Å². The van der Waals surface area contributed by atoms with Gasteiger partial charge in [0.2, 0.25) is 0 Å². The summed E-state index contributed by atoms with van der Waals surface area (Å²) in [4.78, 5) is 27.4. The van der Waals surface area contributed by atoms with Crippen molar-refractivity contribution in [2.75, 3.05) is 6.54 Å². The third-order valence-electron chi connectivity index (χ3n) is 5.11. The smallest absolute Gasteiger partial charge is 0.294 e. The lowest BCUT2D eigenvalue weighted by molar-refractivity contribution is -0.384. The van der Waals surface area contributed by atoms with E-state index in [1.807, 2.05) is 0 Å². The second-order valence-electron chi connectivity index (χ2n) is 6.90. The van der Waals surface area contributed by atoms with Crippen molar-refractivity contribution in [1.82, 2.24) is 14.9 Å². The summed E-state index contributed by atoms with van der Waals surface area (Å²) in [6, 6.07) is 10.6. The molecule has 1 saturated carbocycles. The van der Waals surface area contributed by atoms with Gasteiger partial charge in [-0.15, -0.1) is 0 Å². The van der Waals surface area contributed by atoms with Crippen LogP contribution in [0.2, 0.25) is 0 Å². The Kier molecular flexibility index (Phi) is 4.38. The maximum atomic E-state index is 13.1. The fraction of sp³-hybridized carbons (Fsp3) is 0.200. The molecule has 1 amide bonds. The molecule has 2 aromatic carbocycles. The minimum atomic E-state index is -0.521. The molecule has 8 heteroatoms. The third kappa shape index (κ3) is 3.36. The second-order valence-corrected chi connectivity index (χ2v) is 6.90. The highest BCUT2D eigenvalue weighted by molar-refractivity contribution is 5.95. The molecule has 0 aliphatic heterocycles. The highest BCUT2D eigenvalue weighted by Crippen LogP contribution is 2.47. The molecule has 28 heavy (non-hydrogen) atoms. The molecule has 4 rings (SSSR count). The van der Waals surface area contributed by atoms with Gasteiger partial charge < -0.3 is 9.88 Å². The number of benzene rings is 2. The van der Waals surface area contributed by atoms with Crippen molar-refractivity contribution in [3.63, 3.8) is 0 Å². The van der Waals surface area contributed by atoms with Crippen molar-refractivity contribution in [3.8, 4) is 5.69 Å². The number of amides is 1. The van der Waals surface area contributed by atoms with E-state index in [4.69, 9.17) is 0 Å². The normalized spacial score (nSPS) is 14.5. The summed E-state index contributed by atoms with van der Waals surface area (Å²) in [7, 11) is 0. The topological polar surface area (TPSA) is 90.1 Å². The van der Waals surface area contributed by atoms with E-state index in [2.05, 4.69) is 10.3 Å². The first-order chi connectivity index (χ1) is 13.5. The zero-order valence-corrected chi connectivity index (χ0v) is 14.8. The number of hydrogen-bond donors (Lipinski definition) is 1. The maximum absolute atomic E-state index is 13.1. The first-order valence-electron chi connectivity index (χ1n) is 8.80. The Bertz CT molecular complexity index is 1030.